The van der Waals surface area contributed by atoms with Crippen LogP contribution in [0.25, 0.3) is 0 Å². The van der Waals surface area contributed by atoms with Crippen LogP contribution < -0.4 is 15.2 Å². The molecule has 0 saturated carbocycles. The average Bonchev–Trinajstić information content (AvgIpc) is 2.53. The number of anilines is 1. The zero-order chi connectivity index (χ0) is 16.9. The summed E-state index contributed by atoms with van der Waals surface area (Å²) in [5.41, 5.74) is -0.0778. The van der Waals surface area contributed by atoms with E-state index in [2.05, 4.69) is 6.58 Å². The highest BCUT2D eigenvalue weighted by Crippen LogP contribution is 2.32. The Hall–Kier alpha value is -2.80. The van der Waals surface area contributed by atoms with E-state index >= 15 is 0 Å². The zero-order valence-corrected chi connectivity index (χ0v) is 12.9. The number of para-hydroxylation sites is 2. The van der Waals surface area contributed by atoms with E-state index in [0.29, 0.717) is 0 Å². The van der Waals surface area contributed by atoms with Gasteiger partial charge < -0.3 is 20.0 Å². The van der Waals surface area contributed by atoms with Crippen molar-refractivity contribution in [1.29, 1.82) is 0 Å². The molecule has 2 aromatic rings. The Kier molecular flexibility index (Phi) is 5.02. The van der Waals surface area contributed by atoms with Gasteiger partial charge in [-0.1, -0.05) is 36.9 Å². The van der Waals surface area contributed by atoms with Crippen molar-refractivity contribution in [2.45, 2.75) is 9.79 Å². The number of amides is 1. The molecule has 0 aromatic heterocycles. The summed E-state index contributed by atoms with van der Waals surface area (Å²) in [6.45, 7) is 3.66. The Bertz CT molecular complexity index is 830. The number of hydrogen-bond donors (Lipinski definition) is 1. The number of sulfone groups is 1. The molecule has 0 aliphatic heterocycles. The molecule has 2 rings (SSSR count). The third kappa shape index (κ3) is 3.70. The Balaban J connectivity index is 2.56. The average molecular weight is 332 g/mol. The van der Waals surface area contributed by atoms with Crippen LogP contribution in [-0.2, 0) is 9.84 Å². The van der Waals surface area contributed by atoms with Crippen LogP contribution in [0, 0.1) is 0 Å². The van der Waals surface area contributed by atoms with Gasteiger partial charge in [0, 0.05) is 0 Å². The summed E-state index contributed by atoms with van der Waals surface area (Å²) in [6, 6.07) is 11.8. The molecule has 1 amide bonds. The number of ether oxygens (including phenoxy) is 1. The molecule has 0 spiro atoms. The maximum Gasteiger partial charge on any atom is 0.212 e. The van der Waals surface area contributed by atoms with Crippen molar-refractivity contribution in [2.24, 2.45) is 0 Å². The largest absolute Gasteiger partial charge is 0.530 e. The van der Waals surface area contributed by atoms with Crippen molar-refractivity contribution in [1.82, 2.24) is 0 Å². The van der Waals surface area contributed by atoms with Gasteiger partial charge >= 0.3 is 0 Å². The summed E-state index contributed by atoms with van der Waals surface area (Å²) in [4.78, 5) is 10.5. The van der Waals surface area contributed by atoms with Gasteiger partial charge in [0.1, 0.15) is 23.3 Å². The van der Waals surface area contributed by atoms with E-state index < -0.39 is 15.9 Å². The first-order chi connectivity index (χ1) is 11.0. The number of benzene rings is 2. The van der Waals surface area contributed by atoms with E-state index in [0.717, 1.165) is 0 Å². The summed E-state index contributed by atoms with van der Waals surface area (Å²) in [5, 5.41) is 12.7. The van der Waals surface area contributed by atoms with Crippen LogP contribution in [0.5, 0.6) is 5.75 Å². The van der Waals surface area contributed by atoms with E-state index in [-0.39, 0.29) is 27.8 Å². The second-order valence-electron chi connectivity index (χ2n) is 4.46. The fourth-order valence-corrected chi connectivity index (χ4v) is 3.53. The number of carboxylic acid groups (broad SMARTS) is 1. The van der Waals surface area contributed by atoms with E-state index in [9.17, 15) is 18.3 Å². The third-order valence-corrected chi connectivity index (χ3v) is 4.76. The molecular weight excluding hydrogens is 318 g/mol. The number of carbonyl (C=O) groups excluding carboxylic acids is 1. The standard InChI is InChI=1S/C16H15NO5S/c1-2-11-22-13-8-4-6-10-15(13)23(20,21)14-9-5-3-7-12(14)17-16(18)19/h2-10,17H,1,11H2,(H,18,19)/p-1. The monoisotopic (exact) mass is 332 g/mol. The molecular formula is C16H14NO5S-. The van der Waals surface area contributed by atoms with Crippen LogP contribution in [0.2, 0.25) is 0 Å². The van der Waals surface area contributed by atoms with Gasteiger partial charge in [-0.3, -0.25) is 0 Å². The molecule has 23 heavy (non-hydrogen) atoms. The normalized spacial score (nSPS) is 10.8. The quantitative estimate of drug-likeness (QED) is 0.814. The minimum atomic E-state index is -3.99. The van der Waals surface area contributed by atoms with Gasteiger partial charge in [0.05, 0.1) is 10.6 Å². The van der Waals surface area contributed by atoms with Gasteiger partial charge in [0.15, 0.2) is 0 Å². The predicted molar refractivity (Wildman–Crippen MR) is 83.0 cm³/mol. The summed E-state index contributed by atoms with van der Waals surface area (Å²) in [7, 11) is -3.99. The van der Waals surface area contributed by atoms with Gasteiger partial charge in [-0.2, -0.15) is 0 Å². The van der Waals surface area contributed by atoms with Crippen LogP contribution in [-0.4, -0.2) is 21.1 Å². The third-order valence-electron chi connectivity index (χ3n) is 2.91. The van der Waals surface area contributed by atoms with Gasteiger partial charge in [-0.15, -0.1) is 0 Å². The molecule has 0 aliphatic rings. The highest BCUT2D eigenvalue weighted by Gasteiger charge is 2.24. The van der Waals surface area contributed by atoms with Crippen molar-refractivity contribution < 1.29 is 23.1 Å². The molecule has 0 saturated heterocycles. The maximum absolute atomic E-state index is 12.9. The molecule has 6 nitrogen and oxygen atoms in total. The van der Waals surface area contributed by atoms with Crippen LogP contribution in [0.15, 0.2) is 71.0 Å². The summed E-state index contributed by atoms with van der Waals surface area (Å²) >= 11 is 0. The van der Waals surface area contributed by atoms with E-state index in [1.165, 1.54) is 42.5 Å². The van der Waals surface area contributed by atoms with Crippen LogP contribution in [0.3, 0.4) is 0 Å². The molecule has 0 unspecified atom stereocenters. The number of rotatable bonds is 6. The van der Waals surface area contributed by atoms with Gasteiger partial charge in [-0.05, 0) is 24.3 Å². The van der Waals surface area contributed by atoms with Gasteiger partial charge in [0.25, 0.3) is 0 Å². The Morgan fingerprint density at radius 1 is 1.13 bits per heavy atom. The second-order valence-corrected chi connectivity index (χ2v) is 6.34. The first-order valence-corrected chi connectivity index (χ1v) is 8.10. The lowest BCUT2D eigenvalue weighted by atomic mass is 10.3. The number of hydrogen-bond acceptors (Lipinski definition) is 5. The molecule has 0 radical (unpaired) electrons. The van der Waals surface area contributed by atoms with Crippen molar-refractivity contribution in [3.05, 3.63) is 61.2 Å². The first-order valence-electron chi connectivity index (χ1n) is 6.61. The molecule has 0 atom stereocenters. The molecule has 0 heterocycles. The van der Waals surface area contributed by atoms with Gasteiger partial charge in [0.2, 0.25) is 9.84 Å². The molecule has 2 aromatic carbocycles. The second kappa shape index (κ2) is 6.97. The van der Waals surface area contributed by atoms with Crippen molar-refractivity contribution in [3.63, 3.8) is 0 Å². The fraction of sp³-hybridized carbons (Fsp3) is 0.0625. The minimum absolute atomic E-state index is 0.0607. The summed E-state index contributed by atoms with van der Waals surface area (Å²) in [6.07, 6.45) is -0.0986. The Morgan fingerprint density at radius 3 is 2.39 bits per heavy atom. The number of carbonyl (C=O) groups is 1. The van der Waals surface area contributed by atoms with Gasteiger partial charge in [-0.25, -0.2) is 8.42 Å². The SMILES string of the molecule is C=CCOc1ccccc1S(=O)(=O)c1ccccc1NC(=O)[O-]. The molecule has 0 aliphatic carbocycles. The lowest BCUT2D eigenvalue weighted by Gasteiger charge is -2.15. The highest BCUT2D eigenvalue weighted by atomic mass is 32.2. The van der Waals surface area contributed by atoms with Crippen LogP contribution >= 0.6 is 0 Å². The lowest BCUT2D eigenvalue weighted by molar-refractivity contribution is -0.242. The highest BCUT2D eigenvalue weighted by molar-refractivity contribution is 7.91. The number of nitrogens with one attached hydrogen (secondary N) is 1. The van der Waals surface area contributed by atoms with E-state index in [4.69, 9.17) is 4.74 Å². The van der Waals surface area contributed by atoms with Crippen molar-refractivity contribution in [3.8, 4) is 5.75 Å². The maximum atomic E-state index is 12.9. The van der Waals surface area contributed by atoms with E-state index in [1.807, 2.05) is 5.32 Å². The van der Waals surface area contributed by atoms with Crippen LogP contribution in [0.1, 0.15) is 0 Å². The molecule has 0 fully saturated rings. The summed E-state index contributed by atoms with van der Waals surface area (Å²) < 4.78 is 31.1. The smallest absolute Gasteiger partial charge is 0.212 e. The zero-order valence-electron chi connectivity index (χ0n) is 12.1. The minimum Gasteiger partial charge on any atom is -0.530 e. The predicted octanol–water partition coefficient (Wildman–Crippen LogP) is 1.84. The van der Waals surface area contributed by atoms with Crippen molar-refractivity contribution >= 4 is 21.6 Å². The van der Waals surface area contributed by atoms with E-state index in [1.54, 1.807) is 12.1 Å². The molecule has 0 bridgehead atoms. The topological polar surface area (TPSA) is 95.5 Å². The molecule has 120 valence electrons. The van der Waals surface area contributed by atoms with Crippen molar-refractivity contribution in [2.75, 3.05) is 11.9 Å². The fourth-order valence-electron chi connectivity index (χ4n) is 1.97. The molecule has 1 N–H and O–H groups in total. The first kappa shape index (κ1) is 16.6. The Morgan fingerprint density at radius 2 is 1.74 bits per heavy atom. The summed E-state index contributed by atoms with van der Waals surface area (Å²) in [5.74, 6) is 0.163. The van der Waals surface area contributed by atoms with Crippen LogP contribution in [0.4, 0.5) is 10.5 Å². The lowest BCUT2D eigenvalue weighted by Crippen LogP contribution is -2.29. The Labute approximate surface area is 134 Å². The molecule has 7 heteroatoms.